The summed E-state index contributed by atoms with van der Waals surface area (Å²) >= 11 is 3.27. The summed E-state index contributed by atoms with van der Waals surface area (Å²) in [6.45, 7) is 3.83. The lowest BCUT2D eigenvalue weighted by molar-refractivity contribution is -0.120. The first-order valence-corrected chi connectivity index (χ1v) is 6.80. The normalized spacial score (nSPS) is 10.2. The van der Waals surface area contributed by atoms with Crippen LogP contribution in [0.5, 0.6) is 0 Å². The first-order chi connectivity index (χ1) is 8.22. The highest BCUT2D eigenvalue weighted by molar-refractivity contribution is 9.09. The largest absolute Gasteiger partial charge is 0.379 e. The lowest BCUT2D eigenvalue weighted by atomic mass is 10.1. The molecule has 0 aliphatic heterocycles. The van der Waals surface area contributed by atoms with Crippen molar-refractivity contribution >= 4 is 21.8 Å². The van der Waals surface area contributed by atoms with E-state index in [1.165, 1.54) is 5.56 Å². The maximum absolute atomic E-state index is 11.6. The summed E-state index contributed by atoms with van der Waals surface area (Å²) < 4.78 is 5.24. The highest BCUT2D eigenvalue weighted by Crippen LogP contribution is 2.04. The number of benzene rings is 1. The molecule has 0 radical (unpaired) electrons. The van der Waals surface area contributed by atoms with E-state index in [1.54, 1.807) is 0 Å². The number of alkyl halides is 1. The molecule has 0 fully saturated rings. The molecule has 1 aromatic rings. The van der Waals surface area contributed by atoms with Crippen molar-refractivity contribution in [3.8, 4) is 0 Å². The molecule has 1 rings (SSSR count). The summed E-state index contributed by atoms with van der Waals surface area (Å²) in [7, 11) is 0. The van der Waals surface area contributed by atoms with Crippen LogP contribution in [0.15, 0.2) is 24.3 Å². The topological polar surface area (TPSA) is 38.3 Å². The Balaban J connectivity index is 2.21. The monoisotopic (exact) mass is 299 g/mol. The fourth-order valence-electron chi connectivity index (χ4n) is 1.49. The number of carbonyl (C=O) groups is 1. The average Bonchev–Trinajstić information content (AvgIpc) is 2.29. The average molecular weight is 300 g/mol. The third-order valence-electron chi connectivity index (χ3n) is 2.24. The molecular weight excluding hydrogens is 282 g/mol. The van der Waals surface area contributed by atoms with Gasteiger partial charge in [-0.1, -0.05) is 45.8 Å². The van der Waals surface area contributed by atoms with Gasteiger partial charge in [0, 0.05) is 11.9 Å². The highest BCUT2D eigenvalue weighted by Gasteiger charge is 2.02. The van der Waals surface area contributed by atoms with Crippen LogP contribution in [0.1, 0.15) is 11.1 Å². The predicted octanol–water partition coefficient (Wildman–Crippen LogP) is 2.07. The van der Waals surface area contributed by atoms with Crippen LogP contribution in [0.4, 0.5) is 0 Å². The number of ether oxygens (including phenoxy) is 1. The summed E-state index contributed by atoms with van der Waals surface area (Å²) in [5.74, 6) is 0.0399. The molecule has 1 N–H and O–H groups in total. The SMILES string of the molecule is Cc1cccc(CC(=O)NCCOCCBr)c1. The quantitative estimate of drug-likeness (QED) is 0.618. The van der Waals surface area contributed by atoms with Crippen molar-refractivity contribution < 1.29 is 9.53 Å². The second kappa shape index (κ2) is 8.25. The zero-order valence-electron chi connectivity index (χ0n) is 10.0. The van der Waals surface area contributed by atoms with Crippen molar-refractivity contribution in [3.63, 3.8) is 0 Å². The molecule has 3 nitrogen and oxygen atoms in total. The Hall–Kier alpha value is -0.870. The van der Waals surface area contributed by atoms with Crippen LogP contribution in [-0.2, 0) is 16.0 Å². The Bertz CT molecular complexity index is 355. The van der Waals surface area contributed by atoms with E-state index in [1.807, 2.05) is 31.2 Å². The lowest BCUT2D eigenvalue weighted by Crippen LogP contribution is -2.28. The number of rotatable bonds is 7. The summed E-state index contributed by atoms with van der Waals surface area (Å²) in [5, 5.41) is 3.65. The number of amides is 1. The molecule has 0 saturated heterocycles. The Labute approximate surface area is 111 Å². The van der Waals surface area contributed by atoms with Gasteiger partial charge in [-0.2, -0.15) is 0 Å². The molecule has 1 amide bonds. The van der Waals surface area contributed by atoms with Crippen LogP contribution in [0.3, 0.4) is 0 Å². The molecule has 0 aliphatic rings. The third kappa shape index (κ3) is 6.44. The van der Waals surface area contributed by atoms with E-state index < -0.39 is 0 Å². The van der Waals surface area contributed by atoms with Gasteiger partial charge < -0.3 is 10.1 Å². The minimum Gasteiger partial charge on any atom is -0.379 e. The van der Waals surface area contributed by atoms with Gasteiger partial charge in [0.15, 0.2) is 0 Å². The number of aryl methyl sites for hydroxylation is 1. The molecule has 0 saturated carbocycles. The first kappa shape index (κ1) is 14.2. The van der Waals surface area contributed by atoms with Crippen molar-refractivity contribution in [1.82, 2.24) is 5.32 Å². The predicted molar refractivity (Wildman–Crippen MR) is 72.5 cm³/mol. The van der Waals surface area contributed by atoms with Crippen LogP contribution in [0.25, 0.3) is 0 Å². The molecule has 0 bridgehead atoms. The van der Waals surface area contributed by atoms with Gasteiger partial charge in [0.25, 0.3) is 0 Å². The second-order valence-corrected chi connectivity index (χ2v) is 4.61. The van der Waals surface area contributed by atoms with E-state index >= 15 is 0 Å². The van der Waals surface area contributed by atoms with Gasteiger partial charge in [0.2, 0.25) is 5.91 Å². The van der Waals surface area contributed by atoms with E-state index in [0.717, 1.165) is 10.9 Å². The molecule has 4 heteroatoms. The standard InChI is InChI=1S/C13H18BrNO2/c1-11-3-2-4-12(9-11)10-13(16)15-6-8-17-7-5-14/h2-4,9H,5-8,10H2,1H3,(H,15,16). The number of halogens is 1. The van der Waals surface area contributed by atoms with Gasteiger partial charge in [-0.3, -0.25) is 4.79 Å². The number of nitrogens with one attached hydrogen (secondary N) is 1. The van der Waals surface area contributed by atoms with Crippen LogP contribution in [0.2, 0.25) is 0 Å². The number of carbonyl (C=O) groups excluding carboxylic acids is 1. The van der Waals surface area contributed by atoms with Gasteiger partial charge in [-0.05, 0) is 12.5 Å². The third-order valence-corrected chi connectivity index (χ3v) is 2.56. The van der Waals surface area contributed by atoms with Crippen molar-refractivity contribution in [2.24, 2.45) is 0 Å². The van der Waals surface area contributed by atoms with Crippen molar-refractivity contribution in [3.05, 3.63) is 35.4 Å². The van der Waals surface area contributed by atoms with Crippen molar-refractivity contribution in [2.75, 3.05) is 25.1 Å². The van der Waals surface area contributed by atoms with Gasteiger partial charge in [0.05, 0.1) is 19.6 Å². The maximum atomic E-state index is 11.6. The molecular formula is C13H18BrNO2. The Morgan fingerprint density at radius 1 is 1.41 bits per heavy atom. The fourth-order valence-corrected chi connectivity index (χ4v) is 1.72. The van der Waals surface area contributed by atoms with Gasteiger partial charge >= 0.3 is 0 Å². The summed E-state index contributed by atoms with van der Waals surface area (Å²) in [4.78, 5) is 11.6. The van der Waals surface area contributed by atoms with Crippen LogP contribution >= 0.6 is 15.9 Å². The molecule has 1 aromatic carbocycles. The van der Waals surface area contributed by atoms with Crippen molar-refractivity contribution in [1.29, 1.82) is 0 Å². The number of hydrogen-bond acceptors (Lipinski definition) is 2. The Morgan fingerprint density at radius 2 is 2.24 bits per heavy atom. The van der Waals surface area contributed by atoms with Gasteiger partial charge in [0.1, 0.15) is 0 Å². The molecule has 17 heavy (non-hydrogen) atoms. The molecule has 0 aliphatic carbocycles. The molecule has 0 spiro atoms. The van der Waals surface area contributed by atoms with Crippen molar-refractivity contribution in [2.45, 2.75) is 13.3 Å². The fraction of sp³-hybridized carbons (Fsp3) is 0.462. The first-order valence-electron chi connectivity index (χ1n) is 5.68. The highest BCUT2D eigenvalue weighted by atomic mass is 79.9. The van der Waals surface area contributed by atoms with E-state index in [2.05, 4.69) is 21.2 Å². The summed E-state index contributed by atoms with van der Waals surface area (Å²) in [5.41, 5.74) is 2.22. The van der Waals surface area contributed by atoms with E-state index in [-0.39, 0.29) is 5.91 Å². The molecule has 0 aromatic heterocycles. The lowest BCUT2D eigenvalue weighted by Gasteiger charge is -2.06. The zero-order valence-corrected chi connectivity index (χ0v) is 11.6. The smallest absolute Gasteiger partial charge is 0.224 e. The minimum atomic E-state index is 0.0399. The molecule has 0 unspecified atom stereocenters. The Kier molecular flexibility index (Phi) is 6.89. The summed E-state index contributed by atoms with van der Waals surface area (Å²) in [6, 6.07) is 7.99. The summed E-state index contributed by atoms with van der Waals surface area (Å²) in [6.07, 6.45) is 0.431. The van der Waals surface area contributed by atoms with E-state index in [9.17, 15) is 4.79 Å². The number of hydrogen-bond donors (Lipinski definition) is 1. The van der Waals surface area contributed by atoms with Crippen LogP contribution in [0, 0.1) is 6.92 Å². The van der Waals surface area contributed by atoms with Gasteiger partial charge in [-0.15, -0.1) is 0 Å². The minimum absolute atomic E-state index is 0.0399. The van der Waals surface area contributed by atoms with E-state index in [0.29, 0.717) is 26.2 Å². The molecule has 0 heterocycles. The zero-order chi connectivity index (χ0) is 12.5. The molecule has 0 atom stereocenters. The van der Waals surface area contributed by atoms with Gasteiger partial charge in [-0.25, -0.2) is 0 Å². The van der Waals surface area contributed by atoms with Crippen LogP contribution in [-0.4, -0.2) is 31.0 Å². The molecule has 94 valence electrons. The maximum Gasteiger partial charge on any atom is 0.224 e. The van der Waals surface area contributed by atoms with E-state index in [4.69, 9.17) is 4.74 Å². The van der Waals surface area contributed by atoms with Crippen LogP contribution < -0.4 is 5.32 Å². The second-order valence-electron chi connectivity index (χ2n) is 3.82. The Morgan fingerprint density at radius 3 is 2.94 bits per heavy atom.